The van der Waals surface area contributed by atoms with Crippen LogP contribution >= 0.6 is 0 Å². The van der Waals surface area contributed by atoms with E-state index in [-0.39, 0.29) is 28.4 Å². The fourth-order valence-electron chi connectivity index (χ4n) is 3.54. The molecule has 0 aliphatic carbocycles. The Morgan fingerprint density at radius 3 is 1.89 bits per heavy atom. The molecule has 0 spiro atoms. The van der Waals surface area contributed by atoms with Crippen LogP contribution in [0.25, 0.3) is 0 Å². The summed E-state index contributed by atoms with van der Waals surface area (Å²) in [4.78, 5) is 70.6. The number of hydrogen-bond acceptors (Lipinski definition) is 14. The molecule has 0 fully saturated rings. The van der Waals surface area contributed by atoms with Gasteiger partial charge in [-0.2, -0.15) is 0 Å². The van der Waals surface area contributed by atoms with Gasteiger partial charge in [-0.15, -0.1) is 20.2 Å². The van der Waals surface area contributed by atoms with Crippen LogP contribution in [0.15, 0.2) is 28.7 Å². The molecule has 0 saturated heterocycles. The van der Waals surface area contributed by atoms with E-state index in [0.29, 0.717) is 0 Å². The number of esters is 2. The van der Waals surface area contributed by atoms with E-state index in [0.717, 1.165) is 10.8 Å². The summed E-state index contributed by atoms with van der Waals surface area (Å²) in [5.74, 6) is -3.89. The summed E-state index contributed by atoms with van der Waals surface area (Å²) in [6, 6.07) is 0. The first-order valence-corrected chi connectivity index (χ1v) is 10.6. The van der Waals surface area contributed by atoms with Gasteiger partial charge in [-0.3, -0.25) is 0 Å². The van der Waals surface area contributed by atoms with Crippen molar-refractivity contribution in [2.75, 3.05) is 13.2 Å². The molecule has 0 radical (unpaired) electrons. The van der Waals surface area contributed by atoms with E-state index < -0.39 is 64.2 Å². The topological polar surface area (TPSA) is 230 Å². The monoisotopic (exact) mass is 528 g/mol. The molecule has 18 heteroatoms. The maximum atomic E-state index is 13.3. The quantitative estimate of drug-likeness (QED) is 0.225. The molecule has 1 aliphatic heterocycles. The van der Waals surface area contributed by atoms with E-state index in [4.69, 9.17) is 9.47 Å². The SMILES string of the molecule is CC1=C(C(=O)OC(C)C)C(c2ncc([N+](=O)[O-])n2C)C(C(=O)OC(CO[N+](=O)[O-])CO[N+](=O)[O-])=C(C)N1. The lowest BCUT2D eigenvalue weighted by molar-refractivity contribution is -0.768. The van der Waals surface area contributed by atoms with Crippen molar-refractivity contribution in [2.24, 2.45) is 7.05 Å². The molecule has 0 aromatic carbocycles. The summed E-state index contributed by atoms with van der Waals surface area (Å²) >= 11 is 0. The second-order valence-electron chi connectivity index (χ2n) is 7.95. The van der Waals surface area contributed by atoms with Gasteiger partial charge in [-0.05, 0) is 32.6 Å². The average Bonchev–Trinajstić information content (AvgIpc) is 3.15. The van der Waals surface area contributed by atoms with Crippen LogP contribution < -0.4 is 5.32 Å². The van der Waals surface area contributed by atoms with Crippen LogP contribution in [0, 0.1) is 30.3 Å². The molecule has 1 N–H and O–H groups in total. The molecule has 18 nitrogen and oxygen atoms in total. The van der Waals surface area contributed by atoms with Crippen molar-refractivity contribution < 1.29 is 43.8 Å². The van der Waals surface area contributed by atoms with E-state index in [1.807, 2.05) is 0 Å². The maximum Gasteiger partial charge on any atom is 0.342 e. The number of ether oxygens (including phenoxy) is 2. The zero-order chi connectivity index (χ0) is 28.0. The third-order valence-corrected chi connectivity index (χ3v) is 4.99. The Hall–Kier alpha value is -4.77. The number of allylic oxidation sites excluding steroid dienone is 2. The highest BCUT2D eigenvalue weighted by Gasteiger charge is 2.43. The van der Waals surface area contributed by atoms with Gasteiger partial charge in [0.1, 0.15) is 31.4 Å². The van der Waals surface area contributed by atoms with Crippen LogP contribution in [-0.4, -0.2) is 62.0 Å². The Morgan fingerprint density at radius 2 is 1.49 bits per heavy atom. The Kier molecular flexibility index (Phi) is 9.06. The Balaban J connectivity index is 2.58. The molecule has 2 rings (SSSR count). The van der Waals surface area contributed by atoms with Crippen LogP contribution in [-0.2, 0) is 35.8 Å². The number of rotatable bonds is 12. The predicted molar refractivity (Wildman–Crippen MR) is 118 cm³/mol. The molecular formula is C19H24N6O12. The fraction of sp³-hybridized carbons (Fsp3) is 0.526. The fourth-order valence-corrected chi connectivity index (χ4v) is 3.54. The van der Waals surface area contributed by atoms with Gasteiger partial charge >= 0.3 is 17.8 Å². The second-order valence-corrected chi connectivity index (χ2v) is 7.95. The van der Waals surface area contributed by atoms with E-state index in [1.54, 1.807) is 13.8 Å². The molecular weight excluding hydrogens is 504 g/mol. The lowest BCUT2D eigenvalue weighted by Crippen LogP contribution is -2.37. The highest BCUT2D eigenvalue weighted by Crippen LogP contribution is 2.39. The summed E-state index contributed by atoms with van der Waals surface area (Å²) in [6.45, 7) is 4.35. The highest BCUT2D eigenvalue weighted by atomic mass is 17.0. The molecule has 1 aliphatic rings. The Bertz CT molecular complexity index is 1150. The number of hydrogen-bond donors (Lipinski definition) is 1. The summed E-state index contributed by atoms with van der Waals surface area (Å²) in [7, 11) is 1.31. The maximum absolute atomic E-state index is 13.3. The largest absolute Gasteiger partial charge is 0.460 e. The first kappa shape index (κ1) is 28.5. The lowest BCUT2D eigenvalue weighted by Gasteiger charge is -2.29. The molecule has 2 heterocycles. The molecule has 1 aromatic heterocycles. The van der Waals surface area contributed by atoms with Crippen molar-refractivity contribution in [3.63, 3.8) is 0 Å². The summed E-state index contributed by atoms with van der Waals surface area (Å²) < 4.78 is 11.6. The number of dihydropyridines is 1. The number of nitrogens with zero attached hydrogens (tertiary/aromatic N) is 5. The average molecular weight is 528 g/mol. The van der Waals surface area contributed by atoms with E-state index in [9.17, 15) is 39.9 Å². The number of imidazole rings is 1. The number of aromatic nitrogens is 2. The zero-order valence-electron chi connectivity index (χ0n) is 20.4. The van der Waals surface area contributed by atoms with Crippen LogP contribution in [0.3, 0.4) is 0 Å². The molecule has 0 amide bonds. The first-order valence-electron chi connectivity index (χ1n) is 10.6. The zero-order valence-corrected chi connectivity index (χ0v) is 20.4. The van der Waals surface area contributed by atoms with Crippen molar-refractivity contribution in [2.45, 2.75) is 45.8 Å². The van der Waals surface area contributed by atoms with Gasteiger partial charge in [0.15, 0.2) is 0 Å². The number of nitrogens with one attached hydrogen (secondary N) is 1. The molecule has 1 unspecified atom stereocenters. The Labute approximate surface area is 208 Å². The van der Waals surface area contributed by atoms with Gasteiger partial charge < -0.3 is 34.6 Å². The second kappa shape index (κ2) is 11.8. The van der Waals surface area contributed by atoms with Gasteiger partial charge in [0.2, 0.25) is 5.82 Å². The van der Waals surface area contributed by atoms with Crippen LogP contribution in [0.2, 0.25) is 0 Å². The highest BCUT2D eigenvalue weighted by molar-refractivity contribution is 5.99. The first-order chi connectivity index (χ1) is 17.2. The molecule has 202 valence electrons. The standard InChI is InChI=1S/C19H24N6O12/c1-9(2)36-18(26)14-10(3)21-11(4)15(16(14)17-20-6-13(22(17)5)23(28)29)19(27)37-12(7-34-24(30)31)8-35-25(32)33/h6,9,12,16,21H,7-8H2,1-5H3. The van der Waals surface area contributed by atoms with Crippen LogP contribution in [0.1, 0.15) is 39.4 Å². The van der Waals surface area contributed by atoms with Gasteiger partial charge in [-0.25, -0.2) is 19.1 Å². The van der Waals surface area contributed by atoms with E-state index >= 15 is 0 Å². The van der Waals surface area contributed by atoms with E-state index in [1.165, 1.54) is 20.9 Å². The summed E-state index contributed by atoms with van der Waals surface area (Å²) in [5.41, 5.74) is 0.0650. The van der Waals surface area contributed by atoms with Crippen molar-refractivity contribution in [1.82, 2.24) is 14.9 Å². The van der Waals surface area contributed by atoms with Crippen molar-refractivity contribution >= 4 is 17.8 Å². The molecule has 0 bridgehead atoms. The predicted octanol–water partition coefficient (Wildman–Crippen LogP) is 0.843. The third kappa shape index (κ3) is 6.89. The molecule has 0 saturated carbocycles. The normalized spacial score (nSPS) is 15.4. The summed E-state index contributed by atoms with van der Waals surface area (Å²) in [5, 5.41) is 33.0. The number of carbonyl (C=O) groups is 2. The van der Waals surface area contributed by atoms with Crippen molar-refractivity contribution in [1.29, 1.82) is 0 Å². The Morgan fingerprint density at radius 1 is 1.00 bits per heavy atom. The van der Waals surface area contributed by atoms with Crippen molar-refractivity contribution in [3.05, 3.63) is 64.9 Å². The van der Waals surface area contributed by atoms with Crippen LogP contribution in [0.4, 0.5) is 5.82 Å². The van der Waals surface area contributed by atoms with E-state index in [2.05, 4.69) is 20.0 Å². The molecule has 1 atom stereocenters. The molecule has 37 heavy (non-hydrogen) atoms. The number of nitro groups is 1. The minimum absolute atomic E-state index is 0.0887. The minimum atomic E-state index is -1.61. The smallest absolute Gasteiger partial charge is 0.342 e. The van der Waals surface area contributed by atoms with Crippen LogP contribution in [0.5, 0.6) is 0 Å². The van der Waals surface area contributed by atoms with Crippen molar-refractivity contribution in [3.8, 4) is 0 Å². The third-order valence-electron chi connectivity index (χ3n) is 4.99. The summed E-state index contributed by atoms with van der Waals surface area (Å²) in [6.07, 6.45) is -1.23. The van der Waals surface area contributed by atoms with Gasteiger partial charge in [0.05, 0.1) is 24.3 Å². The van der Waals surface area contributed by atoms with Gasteiger partial charge in [0, 0.05) is 11.4 Å². The minimum Gasteiger partial charge on any atom is -0.460 e. The number of carbonyl (C=O) groups excluding carboxylic acids is 2. The molecule has 1 aromatic rings. The van der Waals surface area contributed by atoms with Gasteiger partial charge in [0.25, 0.3) is 10.2 Å². The lowest BCUT2D eigenvalue weighted by atomic mass is 9.84. The van der Waals surface area contributed by atoms with Gasteiger partial charge in [-0.1, -0.05) is 0 Å².